The molecule has 0 spiro atoms. The first-order chi connectivity index (χ1) is 11.9. The van der Waals surface area contributed by atoms with E-state index >= 15 is 0 Å². The third-order valence-corrected chi connectivity index (χ3v) is 6.15. The Labute approximate surface area is 171 Å². The lowest BCUT2D eigenvalue weighted by Gasteiger charge is -2.21. The van der Waals surface area contributed by atoms with Gasteiger partial charge in [-0.15, -0.1) is 0 Å². The highest BCUT2D eigenvalue weighted by Crippen LogP contribution is 2.27. The van der Waals surface area contributed by atoms with Crippen molar-refractivity contribution in [3.63, 3.8) is 0 Å². The van der Waals surface area contributed by atoms with E-state index in [-0.39, 0.29) is 15.5 Å². The van der Waals surface area contributed by atoms with Gasteiger partial charge in [-0.2, -0.15) is 0 Å². The van der Waals surface area contributed by atoms with Crippen molar-refractivity contribution in [3.05, 3.63) is 56.5 Å². The molecule has 0 atom stereocenters. The molecule has 5 nitrogen and oxygen atoms in total. The van der Waals surface area contributed by atoms with E-state index in [1.54, 1.807) is 39.0 Å². The van der Waals surface area contributed by atoms with Gasteiger partial charge in [-0.25, -0.2) is 13.1 Å². The molecular weight excluding hydrogens is 463 g/mol. The van der Waals surface area contributed by atoms with Crippen LogP contribution in [0.5, 0.6) is 0 Å². The highest BCUT2D eigenvalue weighted by Gasteiger charge is 2.25. The minimum atomic E-state index is -3.89. The topological polar surface area (TPSA) is 75.3 Å². The van der Waals surface area contributed by atoms with Crippen LogP contribution in [0, 0.1) is 0 Å². The van der Waals surface area contributed by atoms with Crippen molar-refractivity contribution in [2.75, 3.05) is 5.32 Å². The molecule has 0 saturated carbocycles. The average molecular weight is 480 g/mol. The molecule has 0 aliphatic carbocycles. The molecule has 26 heavy (non-hydrogen) atoms. The van der Waals surface area contributed by atoms with Crippen LogP contribution in [-0.4, -0.2) is 19.9 Å². The number of nitrogens with one attached hydrogen (secondary N) is 2. The van der Waals surface area contributed by atoms with Crippen LogP contribution < -0.4 is 10.0 Å². The summed E-state index contributed by atoms with van der Waals surface area (Å²) in [5, 5.41) is 3.03. The fourth-order valence-electron chi connectivity index (χ4n) is 2.09. The summed E-state index contributed by atoms with van der Waals surface area (Å²) < 4.78 is 28.4. The molecule has 2 rings (SSSR count). The zero-order chi connectivity index (χ0) is 19.7. The maximum absolute atomic E-state index is 12.5. The molecule has 2 N–H and O–H groups in total. The molecule has 0 unspecified atom stereocenters. The molecule has 1 amide bonds. The van der Waals surface area contributed by atoms with E-state index in [2.05, 4.69) is 26.0 Å². The number of amides is 1. The van der Waals surface area contributed by atoms with E-state index in [0.29, 0.717) is 10.7 Å². The van der Waals surface area contributed by atoms with E-state index < -0.39 is 21.5 Å². The molecule has 0 aliphatic heterocycles. The monoisotopic (exact) mass is 478 g/mol. The first-order valence-electron chi connectivity index (χ1n) is 7.49. The number of rotatable bonds is 4. The number of halogens is 3. The Hall–Kier alpha value is -1.12. The third kappa shape index (κ3) is 5.44. The van der Waals surface area contributed by atoms with Crippen LogP contribution in [0.2, 0.25) is 10.0 Å². The standard InChI is InChI=1S/C17H17BrCl2N2O3S/c1-17(2,3)22-26(24,25)15-8-10(4-6-12(15)19)16(23)21-14-7-5-11(18)9-13(14)20/h4-9,22H,1-3H3,(H,21,23). The second-order valence-electron chi connectivity index (χ2n) is 6.58. The summed E-state index contributed by atoms with van der Waals surface area (Å²) in [6.45, 7) is 5.14. The number of hydrogen-bond donors (Lipinski definition) is 2. The summed E-state index contributed by atoms with van der Waals surface area (Å²) in [5.74, 6) is -0.502. The Morgan fingerprint density at radius 3 is 2.27 bits per heavy atom. The minimum absolute atomic E-state index is 0.0278. The van der Waals surface area contributed by atoms with Crippen molar-refractivity contribution in [2.24, 2.45) is 0 Å². The summed E-state index contributed by atoms with van der Waals surface area (Å²) in [4.78, 5) is 12.3. The van der Waals surface area contributed by atoms with Crippen molar-refractivity contribution >= 4 is 60.7 Å². The lowest BCUT2D eigenvalue weighted by atomic mass is 10.1. The molecule has 0 heterocycles. The number of benzene rings is 2. The first-order valence-corrected chi connectivity index (χ1v) is 10.5. The third-order valence-electron chi connectivity index (χ3n) is 3.10. The summed E-state index contributed by atoms with van der Waals surface area (Å²) in [6, 6.07) is 9.06. The van der Waals surface area contributed by atoms with Gasteiger partial charge in [0, 0.05) is 15.6 Å². The van der Waals surface area contributed by atoms with Gasteiger partial charge in [0.25, 0.3) is 5.91 Å². The van der Waals surface area contributed by atoms with Crippen LogP contribution in [0.25, 0.3) is 0 Å². The minimum Gasteiger partial charge on any atom is -0.321 e. The van der Waals surface area contributed by atoms with Crippen molar-refractivity contribution < 1.29 is 13.2 Å². The molecule has 0 aromatic heterocycles. The molecular formula is C17H17BrCl2N2O3S. The van der Waals surface area contributed by atoms with Crippen molar-refractivity contribution in [3.8, 4) is 0 Å². The van der Waals surface area contributed by atoms with Gasteiger partial charge < -0.3 is 5.32 Å². The number of hydrogen-bond acceptors (Lipinski definition) is 3. The van der Waals surface area contributed by atoms with Crippen LogP contribution in [-0.2, 0) is 10.0 Å². The highest BCUT2D eigenvalue weighted by atomic mass is 79.9. The van der Waals surface area contributed by atoms with E-state index in [0.717, 1.165) is 4.47 Å². The number of carbonyl (C=O) groups excluding carboxylic acids is 1. The average Bonchev–Trinajstić information content (AvgIpc) is 2.47. The van der Waals surface area contributed by atoms with Crippen LogP contribution >= 0.6 is 39.1 Å². The van der Waals surface area contributed by atoms with E-state index in [9.17, 15) is 13.2 Å². The largest absolute Gasteiger partial charge is 0.321 e. The van der Waals surface area contributed by atoms with Crippen LogP contribution in [0.1, 0.15) is 31.1 Å². The van der Waals surface area contributed by atoms with Gasteiger partial charge in [0.2, 0.25) is 10.0 Å². The lowest BCUT2D eigenvalue weighted by molar-refractivity contribution is 0.102. The van der Waals surface area contributed by atoms with Gasteiger partial charge in [0.05, 0.1) is 15.7 Å². The zero-order valence-corrected chi connectivity index (χ0v) is 18.1. The Morgan fingerprint density at radius 1 is 1.04 bits per heavy atom. The van der Waals surface area contributed by atoms with E-state index in [1.807, 2.05) is 0 Å². The summed E-state index contributed by atoms with van der Waals surface area (Å²) >= 11 is 15.4. The van der Waals surface area contributed by atoms with Crippen LogP contribution in [0.4, 0.5) is 5.69 Å². The van der Waals surface area contributed by atoms with Gasteiger partial charge in [0.15, 0.2) is 0 Å². The molecule has 9 heteroatoms. The first kappa shape index (κ1) is 21.2. The molecule has 0 fully saturated rings. The SMILES string of the molecule is CC(C)(C)NS(=O)(=O)c1cc(C(=O)Nc2ccc(Br)cc2Cl)ccc1Cl. The molecule has 0 bridgehead atoms. The fourth-order valence-corrected chi connectivity index (χ4v) is 4.76. The summed E-state index contributed by atoms with van der Waals surface area (Å²) in [6.07, 6.45) is 0. The highest BCUT2D eigenvalue weighted by molar-refractivity contribution is 9.10. The van der Waals surface area contributed by atoms with Crippen molar-refractivity contribution in [2.45, 2.75) is 31.2 Å². The maximum atomic E-state index is 12.5. The Kier molecular flexibility index (Phi) is 6.40. The Bertz CT molecular complexity index is 957. The van der Waals surface area contributed by atoms with Gasteiger partial charge in [0.1, 0.15) is 4.90 Å². The predicted octanol–water partition coefficient (Wildman–Crippen LogP) is 5.09. The van der Waals surface area contributed by atoms with Crippen LogP contribution in [0.15, 0.2) is 45.8 Å². The summed E-state index contributed by atoms with van der Waals surface area (Å²) in [5.41, 5.74) is -0.138. The van der Waals surface area contributed by atoms with Crippen molar-refractivity contribution in [1.82, 2.24) is 4.72 Å². The molecule has 2 aromatic carbocycles. The van der Waals surface area contributed by atoms with E-state index in [1.165, 1.54) is 18.2 Å². The lowest BCUT2D eigenvalue weighted by Crippen LogP contribution is -2.40. The molecule has 140 valence electrons. The van der Waals surface area contributed by atoms with Gasteiger partial charge in [-0.05, 0) is 57.2 Å². The number of carbonyl (C=O) groups is 1. The smallest absolute Gasteiger partial charge is 0.255 e. The zero-order valence-electron chi connectivity index (χ0n) is 14.2. The fraction of sp³-hybridized carbons (Fsp3) is 0.235. The number of sulfonamides is 1. The molecule has 0 radical (unpaired) electrons. The normalized spacial score (nSPS) is 12.1. The van der Waals surface area contributed by atoms with Gasteiger partial charge in [-0.3, -0.25) is 4.79 Å². The molecule has 0 aliphatic rings. The van der Waals surface area contributed by atoms with Gasteiger partial charge >= 0.3 is 0 Å². The quantitative estimate of drug-likeness (QED) is 0.641. The van der Waals surface area contributed by atoms with Crippen LogP contribution in [0.3, 0.4) is 0 Å². The number of anilines is 1. The summed E-state index contributed by atoms with van der Waals surface area (Å²) in [7, 11) is -3.89. The van der Waals surface area contributed by atoms with E-state index in [4.69, 9.17) is 23.2 Å². The second-order valence-corrected chi connectivity index (χ2v) is 9.96. The maximum Gasteiger partial charge on any atom is 0.255 e. The predicted molar refractivity (Wildman–Crippen MR) is 109 cm³/mol. The molecule has 0 saturated heterocycles. The van der Waals surface area contributed by atoms with Gasteiger partial charge in [-0.1, -0.05) is 39.1 Å². The Morgan fingerprint density at radius 2 is 1.69 bits per heavy atom. The molecule has 2 aromatic rings. The van der Waals surface area contributed by atoms with Crippen molar-refractivity contribution in [1.29, 1.82) is 0 Å². The Balaban J connectivity index is 2.35. The second kappa shape index (κ2) is 7.86.